The molecule has 1 aliphatic heterocycles. The highest BCUT2D eigenvalue weighted by molar-refractivity contribution is 7.81. The zero-order chi connectivity index (χ0) is 26.9. The Morgan fingerprint density at radius 3 is 2.27 bits per heavy atom. The van der Waals surface area contributed by atoms with Crippen LogP contribution in [0.25, 0.3) is 0 Å². The standard InChI is InChI=1S/C28H31BN4O3S/c1-18-13-19(2)15-21(14-18)26(35)32(17-28(3,4)5)31-25(34)20-11-12-23-24(16-20)30-27(37)33(29(23)36)22-9-7-6-8-10-22/h6-16,36H,17H2,1-5H3,(H,30,37)(H,31,34). The molecule has 0 bridgehead atoms. The van der Waals surface area contributed by atoms with Crippen LogP contribution in [0.4, 0.5) is 11.4 Å². The first-order valence-electron chi connectivity index (χ1n) is 12.1. The Bertz CT molecular complexity index is 1340. The first-order chi connectivity index (χ1) is 17.4. The number of aryl methyl sites for hydroxylation is 2. The van der Waals surface area contributed by atoms with E-state index in [1.54, 1.807) is 23.0 Å². The lowest BCUT2D eigenvalue weighted by molar-refractivity contribution is 0.0509. The molecule has 37 heavy (non-hydrogen) atoms. The number of para-hydroxylation sites is 1. The summed E-state index contributed by atoms with van der Waals surface area (Å²) in [6.45, 7) is 10.2. The van der Waals surface area contributed by atoms with Crippen molar-refractivity contribution >= 4 is 53.0 Å². The molecule has 0 aliphatic carbocycles. The molecule has 2 amide bonds. The fourth-order valence-electron chi connectivity index (χ4n) is 4.38. The van der Waals surface area contributed by atoms with Crippen molar-refractivity contribution in [3.05, 3.63) is 89.0 Å². The lowest BCUT2D eigenvalue weighted by Crippen LogP contribution is -2.58. The minimum Gasteiger partial charge on any atom is -0.428 e. The molecule has 9 heteroatoms. The molecule has 1 aliphatic rings. The minimum atomic E-state index is -1.01. The van der Waals surface area contributed by atoms with Gasteiger partial charge in [-0.25, -0.2) is 5.01 Å². The first kappa shape index (κ1) is 26.4. The van der Waals surface area contributed by atoms with Crippen LogP contribution >= 0.6 is 12.2 Å². The van der Waals surface area contributed by atoms with E-state index in [-0.39, 0.29) is 11.3 Å². The third-order valence-electron chi connectivity index (χ3n) is 5.92. The van der Waals surface area contributed by atoms with Crippen molar-refractivity contribution in [1.29, 1.82) is 0 Å². The van der Waals surface area contributed by atoms with Gasteiger partial charge in [-0.05, 0) is 73.3 Å². The molecular formula is C28H31BN4O3S. The van der Waals surface area contributed by atoms with E-state index in [4.69, 9.17) is 12.2 Å². The molecule has 3 aromatic rings. The molecule has 0 radical (unpaired) electrons. The van der Waals surface area contributed by atoms with E-state index in [1.165, 1.54) is 5.01 Å². The van der Waals surface area contributed by atoms with Gasteiger partial charge in [0.1, 0.15) is 0 Å². The summed E-state index contributed by atoms with van der Waals surface area (Å²) >= 11 is 5.51. The van der Waals surface area contributed by atoms with Crippen molar-refractivity contribution in [3.8, 4) is 0 Å². The highest BCUT2D eigenvalue weighted by Crippen LogP contribution is 2.23. The van der Waals surface area contributed by atoms with Crippen molar-refractivity contribution in [2.24, 2.45) is 5.41 Å². The lowest BCUT2D eigenvalue weighted by Gasteiger charge is -2.34. The molecule has 0 spiro atoms. The Hall–Kier alpha value is -3.69. The van der Waals surface area contributed by atoms with Gasteiger partial charge in [0.05, 0.1) is 0 Å². The van der Waals surface area contributed by atoms with Gasteiger partial charge in [0, 0.05) is 29.0 Å². The molecule has 0 aromatic heterocycles. The Labute approximate surface area is 223 Å². The van der Waals surface area contributed by atoms with E-state index < -0.39 is 13.0 Å². The quantitative estimate of drug-likeness (QED) is 0.277. The van der Waals surface area contributed by atoms with Gasteiger partial charge < -0.3 is 15.2 Å². The number of amides is 2. The Morgan fingerprint density at radius 2 is 1.65 bits per heavy atom. The summed E-state index contributed by atoms with van der Waals surface area (Å²) in [7, 11) is -1.01. The fourth-order valence-corrected chi connectivity index (χ4v) is 4.70. The average Bonchev–Trinajstić information content (AvgIpc) is 2.82. The molecule has 7 nitrogen and oxygen atoms in total. The van der Waals surface area contributed by atoms with Gasteiger partial charge in [-0.3, -0.25) is 15.0 Å². The van der Waals surface area contributed by atoms with Gasteiger partial charge in [-0.2, -0.15) is 0 Å². The lowest BCUT2D eigenvalue weighted by atomic mass is 9.69. The molecular weight excluding hydrogens is 483 g/mol. The van der Waals surface area contributed by atoms with Crippen molar-refractivity contribution in [2.75, 3.05) is 16.7 Å². The number of carbonyl (C=O) groups is 2. The summed E-state index contributed by atoms with van der Waals surface area (Å²) in [5.74, 6) is -0.710. The van der Waals surface area contributed by atoms with Crippen molar-refractivity contribution < 1.29 is 14.6 Å². The second-order valence-electron chi connectivity index (χ2n) is 10.6. The molecule has 3 aromatic carbocycles. The van der Waals surface area contributed by atoms with Gasteiger partial charge in [0.2, 0.25) is 0 Å². The number of nitrogens with one attached hydrogen (secondary N) is 2. The number of nitrogens with zero attached hydrogens (tertiary/aromatic N) is 2. The number of anilines is 2. The monoisotopic (exact) mass is 514 g/mol. The first-order valence-corrected chi connectivity index (χ1v) is 12.5. The van der Waals surface area contributed by atoms with Gasteiger partial charge in [-0.15, -0.1) is 0 Å². The largest absolute Gasteiger partial charge is 0.457 e. The number of rotatable bonds is 4. The Morgan fingerprint density at radius 1 is 1.00 bits per heavy atom. The smallest absolute Gasteiger partial charge is 0.428 e. The fraction of sp³-hybridized carbons (Fsp3) is 0.250. The number of benzene rings is 3. The van der Waals surface area contributed by atoms with E-state index in [1.807, 2.05) is 83.1 Å². The van der Waals surface area contributed by atoms with Crippen LogP contribution < -0.4 is 21.0 Å². The van der Waals surface area contributed by atoms with Crippen molar-refractivity contribution in [3.63, 3.8) is 0 Å². The van der Waals surface area contributed by atoms with Crippen LogP contribution in [0.3, 0.4) is 0 Å². The van der Waals surface area contributed by atoms with Crippen LogP contribution in [0.1, 0.15) is 52.6 Å². The zero-order valence-corrected chi connectivity index (χ0v) is 22.5. The predicted molar refractivity (Wildman–Crippen MR) is 153 cm³/mol. The molecule has 0 fully saturated rings. The molecule has 0 unspecified atom stereocenters. The molecule has 1 heterocycles. The van der Waals surface area contributed by atoms with Gasteiger partial charge >= 0.3 is 7.05 Å². The summed E-state index contributed by atoms with van der Waals surface area (Å²) in [4.78, 5) is 28.3. The summed E-state index contributed by atoms with van der Waals surface area (Å²) in [5, 5.41) is 15.9. The number of thiocarbonyl (C=S) groups is 1. The van der Waals surface area contributed by atoms with Gasteiger partial charge in [0.15, 0.2) is 5.11 Å². The average molecular weight is 514 g/mol. The SMILES string of the molecule is Cc1cc(C)cc(C(=O)N(CC(C)(C)C)NC(=O)c2ccc3c(c2)NC(=S)N(c2ccccc2)B3O)c1. The maximum atomic E-state index is 13.4. The van der Waals surface area contributed by atoms with Crippen molar-refractivity contribution in [2.45, 2.75) is 34.6 Å². The van der Waals surface area contributed by atoms with E-state index in [0.29, 0.717) is 33.9 Å². The predicted octanol–water partition coefficient (Wildman–Crippen LogP) is 4.04. The van der Waals surface area contributed by atoms with Crippen LogP contribution in [0, 0.1) is 19.3 Å². The third-order valence-corrected chi connectivity index (χ3v) is 6.21. The summed E-state index contributed by atoms with van der Waals surface area (Å²) in [5.41, 5.74) is 7.24. The van der Waals surface area contributed by atoms with E-state index in [9.17, 15) is 14.6 Å². The van der Waals surface area contributed by atoms with Crippen LogP contribution in [0.2, 0.25) is 0 Å². The minimum absolute atomic E-state index is 0.254. The highest BCUT2D eigenvalue weighted by Gasteiger charge is 2.35. The highest BCUT2D eigenvalue weighted by atomic mass is 32.1. The summed E-state index contributed by atoms with van der Waals surface area (Å²) in [6, 6.07) is 20.0. The maximum Gasteiger partial charge on any atom is 0.457 e. The summed E-state index contributed by atoms with van der Waals surface area (Å²) in [6.07, 6.45) is 0. The maximum absolute atomic E-state index is 13.4. The van der Waals surface area contributed by atoms with Gasteiger partial charge in [-0.1, -0.05) is 62.2 Å². The number of hydrazine groups is 1. The second-order valence-corrected chi connectivity index (χ2v) is 11.0. The zero-order valence-electron chi connectivity index (χ0n) is 21.7. The number of fused-ring (bicyclic) bond motifs is 1. The van der Waals surface area contributed by atoms with Crippen LogP contribution in [-0.4, -0.2) is 40.6 Å². The van der Waals surface area contributed by atoms with E-state index >= 15 is 0 Å². The number of hydrogen-bond donors (Lipinski definition) is 3. The second kappa shape index (κ2) is 10.4. The molecule has 4 rings (SSSR count). The van der Waals surface area contributed by atoms with Crippen LogP contribution in [-0.2, 0) is 0 Å². The molecule has 0 atom stereocenters. The molecule has 190 valence electrons. The normalized spacial score (nSPS) is 13.1. The molecule has 3 N–H and O–H groups in total. The van der Waals surface area contributed by atoms with Crippen molar-refractivity contribution in [1.82, 2.24) is 10.4 Å². The van der Waals surface area contributed by atoms with Crippen LogP contribution in [0.5, 0.6) is 0 Å². The van der Waals surface area contributed by atoms with Gasteiger partial charge in [0.25, 0.3) is 11.8 Å². The topological polar surface area (TPSA) is 84.9 Å². The molecule has 0 saturated heterocycles. The summed E-state index contributed by atoms with van der Waals surface area (Å²) < 4.78 is 0. The molecule has 0 saturated carbocycles. The van der Waals surface area contributed by atoms with E-state index in [2.05, 4.69) is 10.7 Å². The van der Waals surface area contributed by atoms with Crippen LogP contribution in [0.15, 0.2) is 66.7 Å². The Balaban J connectivity index is 1.59. The third kappa shape index (κ3) is 6.01. The number of hydrogen-bond acceptors (Lipinski definition) is 4. The number of carbonyl (C=O) groups excluding carboxylic acids is 2. The Kier molecular flexibility index (Phi) is 7.38. The van der Waals surface area contributed by atoms with E-state index in [0.717, 1.165) is 16.8 Å².